The zero-order valence-electron chi connectivity index (χ0n) is 22.6. The van der Waals surface area contributed by atoms with Crippen LogP contribution >= 0.6 is 0 Å². The summed E-state index contributed by atoms with van der Waals surface area (Å²) < 4.78 is 46.2. The van der Waals surface area contributed by atoms with Gasteiger partial charge in [-0.15, -0.1) is 0 Å². The van der Waals surface area contributed by atoms with E-state index in [-0.39, 0.29) is 11.9 Å². The number of halogens is 3. The first-order chi connectivity index (χ1) is 18.3. The number of alkyl halides is 3. The van der Waals surface area contributed by atoms with Gasteiger partial charge in [0, 0.05) is 51.0 Å². The second kappa shape index (κ2) is 13.4. The highest BCUT2D eigenvalue weighted by Crippen LogP contribution is 2.36. The second-order valence-corrected chi connectivity index (χ2v) is 8.72. The summed E-state index contributed by atoms with van der Waals surface area (Å²) in [6.45, 7) is 15.7. The van der Waals surface area contributed by atoms with Crippen molar-refractivity contribution in [2.24, 2.45) is 0 Å². The average Bonchev–Trinajstić information content (AvgIpc) is 2.94. The van der Waals surface area contributed by atoms with Gasteiger partial charge in [-0.3, -0.25) is 0 Å². The van der Waals surface area contributed by atoms with Crippen LogP contribution in [0.5, 0.6) is 0 Å². The van der Waals surface area contributed by atoms with Crippen molar-refractivity contribution < 1.29 is 17.9 Å². The van der Waals surface area contributed by atoms with E-state index in [1.54, 1.807) is 11.0 Å². The number of hydrogen-bond acceptors (Lipinski definition) is 7. The molecule has 4 rings (SSSR count). The minimum atomic E-state index is -4.46. The lowest BCUT2D eigenvalue weighted by molar-refractivity contribution is -0.137. The number of ether oxygens (including phenoxy) is 1. The molecule has 0 amide bonds. The molecule has 2 aromatic heterocycles. The van der Waals surface area contributed by atoms with Crippen LogP contribution < -0.4 is 14.7 Å². The Labute approximate surface area is 223 Å². The van der Waals surface area contributed by atoms with Crippen molar-refractivity contribution in [3.8, 4) is 0 Å². The minimum absolute atomic E-state index is 0.0305. The first kappa shape index (κ1) is 29.2. The summed E-state index contributed by atoms with van der Waals surface area (Å²) in [6.07, 6.45) is 4.52. The fourth-order valence-corrected chi connectivity index (χ4v) is 4.44. The summed E-state index contributed by atoms with van der Waals surface area (Å²) in [5.41, 5.74) is 0.892. The zero-order chi connectivity index (χ0) is 27.7. The predicted molar refractivity (Wildman–Crippen MR) is 148 cm³/mol. The molecule has 0 bridgehead atoms. The molecule has 4 heterocycles. The SMILES string of the molecule is C=C/C(=C\C=C/C)c1cc(N2CCN(c3ncccc3C(F)(F)F)CC2C)nc(N2CCOCC2)n1.CC. The Balaban J connectivity index is 0.00000195. The Bertz CT molecular complexity index is 1130. The Morgan fingerprint density at radius 1 is 1.11 bits per heavy atom. The maximum atomic E-state index is 13.6. The smallest absolute Gasteiger partial charge is 0.378 e. The second-order valence-electron chi connectivity index (χ2n) is 8.72. The van der Waals surface area contributed by atoms with Gasteiger partial charge in [-0.05, 0) is 31.6 Å². The highest BCUT2D eigenvalue weighted by atomic mass is 19.4. The number of piperazine rings is 1. The number of nitrogens with zero attached hydrogens (tertiary/aromatic N) is 6. The number of aromatic nitrogens is 3. The van der Waals surface area contributed by atoms with Gasteiger partial charge in [0.25, 0.3) is 0 Å². The average molecular weight is 531 g/mol. The van der Waals surface area contributed by atoms with E-state index < -0.39 is 11.7 Å². The Morgan fingerprint density at radius 2 is 1.84 bits per heavy atom. The molecule has 1 unspecified atom stereocenters. The quantitative estimate of drug-likeness (QED) is 0.450. The van der Waals surface area contributed by atoms with Crippen LogP contribution in [-0.2, 0) is 10.9 Å². The van der Waals surface area contributed by atoms with E-state index in [0.29, 0.717) is 51.9 Å². The monoisotopic (exact) mass is 530 g/mol. The maximum absolute atomic E-state index is 13.6. The molecule has 1 atom stereocenters. The van der Waals surface area contributed by atoms with Crippen molar-refractivity contribution in [1.82, 2.24) is 15.0 Å². The molecule has 0 aliphatic carbocycles. The van der Waals surface area contributed by atoms with E-state index in [9.17, 15) is 13.2 Å². The van der Waals surface area contributed by atoms with Gasteiger partial charge in [-0.25, -0.2) is 9.97 Å². The number of rotatable bonds is 6. The third kappa shape index (κ3) is 6.92. The normalized spacial score (nSPS) is 18.9. The molecule has 2 aromatic rings. The molecule has 206 valence electrons. The van der Waals surface area contributed by atoms with Crippen LogP contribution in [-0.4, -0.2) is 66.9 Å². The van der Waals surface area contributed by atoms with Gasteiger partial charge in [-0.2, -0.15) is 18.2 Å². The highest BCUT2D eigenvalue weighted by Gasteiger charge is 2.37. The number of hydrogen-bond donors (Lipinski definition) is 0. The van der Waals surface area contributed by atoms with Crippen LogP contribution in [0.4, 0.5) is 30.8 Å². The minimum Gasteiger partial charge on any atom is -0.378 e. The predicted octanol–water partition coefficient (Wildman–Crippen LogP) is 5.61. The summed E-state index contributed by atoms with van der Waals surface area (Å²) in [5.74, 6) is 1.31. The van der Waals surface area contributed by atoms with E-state index in [4.69, 9.17) is 14.7 Å². The largest absolute Gasteiger partial charge is 0.419 e. The number of pyridine rings is 1. The van der Waals surface area contributed by atoms with Crippen molar-refractivity contribution in [2.45, 2.75) is 39.9 Å². The number of anilines is 3. The fraction of sp³-hybridized carbons (Fsp3) is 0.464. The van der Waals surface area contributed by atoms with Crippen LogP contribution in [0.25, 0.3) is 5.57 Å². The van der Waals surface area contributed by atoms with Crippen LogP contribution in [0.1, 0.15) is 39.0 Å². The van der Waals surface area contributed by atoms with Crippen LogP contribution in [0.15, 0.2) is 55.3 Å². The first-order valence-electron chi connectivity index (χ1n) is 13.0. The molecular weight excluding hydrogens is 493 g/mol. The molecule has 2 saturated heterocycles. The van der Waals surface area contributed by atoms with Crippen molar-refractivity contribution >= 4 is 23.2 Å². The molecule has 10 heteroatoms. The summed E-state index contributed by atoms with van der Waals surface area (Å²) in [4.78, 5) is 19.7. The van der Waals surface area contributed by atoms with Gasteiger partial charge in [0.05, 0.1) is 24.5 Å². The zero-order valence-corrected chi connectivity index (χ0v) is 22.6. The standard InChI is InChI=1S/C26H31F3N6O.C2H6/c1-4-6-8-20(5-2)22-17-23(32-25(31-22)33-13-15-36-16-14-33)35-12-11-34(18-19(35)3)24-21(26(27,28)29)9-7-10-30-24;1-2/h4-10,17,19H,2,11-16,18H2,1,3H3;1-2H3/b6-4-,20-8+;. The fourth-order valence-electron chi connectivity index (χ4n) is 4.44. The van der Waals surface area contributed by atoms with Gasteiger partial charge in [0.15, 0.2) is 0 Å². The van der Waals surface area contributed by atoms with E-state index in [1.165, 1.54) is 12.3 Å². The molecular formula is C28H37F3N6O. The van der Waals surface area contributed by atoms with Gasteiger partial charge in [0.2, 0.25) is 5.95 Å². The molecule has 0 saturated carbocycles. The van der Waals surface area contributed by atoms with Crippen molar-refractivity contribution in [3.63, 3.8) is 0 Å². The number of morpholine rings is 1. The first-order valence-corrected chi connectivity index (χ1v) is 13.0. The molecule has 7 nitrogen and oxygen atoms in total. The lowest BCUT2D eigenvalue weighted by atomic mass is 10.1. The van der Waals surface area contributed by atoms with Gasteiger partial charge in [0.1, 0.15) is 11.6 Å². The summed E-state index contributed by atoms with van der Waals surface area (Å²) in [7, 11) is 0. The third-order valence-electron chi connectivity index (χ3n) is 6.29. The summed E-state index contributed by atoms with van der Waals surface area (Å²) in [5, 5.41) is 0. The number of allylic oxidation sites excluding steroid dienone is 5. The van der Waals surface area contributed by atoms with Crippen molar-refractivity contribution in [2.75, 3.05) is 60.6 Å². The van der Waals surface area contributed by atoms with Gasteiger partial charge >= 0.3 is 6.18 Å². The van der Waals surface area contributed by atoms with Crippen LogP contribution in [0, 0.1) is 0 Å². The van der Waals surface area contributed by atoms with Gasteiger partial charge < -0.3 is 19.4 Å². The molecule has 0 radical (unpaired) electrons. The van der Waals surface area contributed by atoms with Crippen molar-refractivity contribution in [1.29, 1.82) is 0 Å². The van der Waals surface area contributed by atoms with Crippen molar-refractivity contribution in [3.05, 3.63) is 66.5 Å². The molecule has 2 fully saturated rings. The maximum Gasteiger partial charge on any atom is 0.419 e. The summed E-state index contributed by atoms with van der Waals surface area (Å²) >= 11 is 0. The lowest BCUT2D eigenvalue weighted by Gasteiger charge is -2.42. The Kier molecular flexibility index (Phi) is 10.3. The molecule has 0 spiro atoms. The van der Waals surface area contributed by atoms with Crippen LogP contribution in [0.3, 0.4) is 0 Å². The molecule has 2 aliphatic rings. The summed E-state index contributed by atoms with van der Waals surface area (Å²) in [6, 6.07) is 4.22. The topological polar surface area (TPSA) is 57.6 Å². The molecule has 0 aromatic carbocycles. The Hall–Kier alpha value is -3.40. The van der Waals surface area contributed by atoms with Gasteiger partial charge in [-0.1, -0.05) is 44.7 Å². The molecule has 2 aliphatic heterocycles. The van der Waals surface area contributed by atoms with Crippen LogP contribution in [0.2, 0.25) is 0 Å². The van der Waals surface area contributed by atoms with E-state index >= 15 is 0 Å². The lowest BCUT2D eigenvalue weighted by Crippen LogP contribution is -2.53. The molecule has 0 N–H and O–H groups in total. The molecule has 38 heavy (non-hydrogen) atoms. The third-order valence-corrected chi connectivity index (χ3v) is 6.29. The highest BCUT2D eigenvalue weighted by molar-refractivity contribution is 5.75. The van der Waals surface area contributed by atoms with E-state index in [0.717, 1.165) is 23.2 Å². The Morgan fingerprint density at radius 3 is 2.47 bits per heavy atom. The van der Waals surface area contributed by atoms with E-state index in [2.05, 4.69) is 21.4 Å². The van der Waals surface area contributed by atoms with E-state index in [1.807, 2.05) is 52.0 Å².